The van der Waals surface area contributed by atoms with Crippen molar-refractivity contribution in [2.45, 2.75) is 57.8 Å². The molecule has 0 unspecified atom stereocenters. The van der Waals surface area contributed by atoms with Crippen molar-refractivity contribution in [1.29, 1.82) is 0 Å². The van der Waals surface area contributed by atoms with Crippen molar-refractivity contribution >= 4 is 11.7 Å². The number of hydrogen-bond donors (Lipinski definition) is 0. The SMILES string of the molecule is O=C(c1cc(N2CCCCC2)ncn1)N1CCC2(CCCC2)CC1. The minimum absolute atomic E-state index is 0.0866. The molecule has 1 aromatic heterocycles. The molecule has 1 aromatic rings. The Balaban J connectivity index is 1.43. The average molecular weight is 328 g/mol. The fourth-order valence-electron chi connectivity index (χ4n) is 4.73. The second-order valence-corrected chi connectivity index (χ2v) is 7.81. The number of nitrogens with zero attached hydrogens (tertiary/aromatic N) is 4. The number of piperidine rings is 2. The maximum atomic E-state index is 12.9. The van der Waals surface area contributed by atoms with Gasteiger partial charge in [0.1, 0.15) is 17.8 Å². The largest absolute Gasteiger partial charge is 0.357 e. The van der Waals surface area contributed by atoms with Crippen LogP contribution in [0.25, 0.3) is 0 Å². The average Bonchev–Trinajstić information content (AvgIpc) is 3.11. The zero-order chi connectivity index (χ0) is 16.4. The third-order valence-electron chi connectivity index (χ3n) is 6.33. The molecule has 0 radical (unpaired) electrons. The van der Waals surface area contributed by atoms with Gasteiger partial charge in [0.25, 0.3) is 5.91 Å². The van der Waals surface area contributed by atoms with Crippen molar-refractivity contribution in [3.05, 3.63) is 18.1 Å². The smallest absolute Gasteiger partial charge is 0.272 e. The van der Waals surface area contributed by atoms with Gasteiger partial charge in [-0.3, -0.25) is 4.79 Å². The monoisotopic (exact) mass is 328 g/mol. The predicted octanol–water partition coefficient (Wildman–Crippen LogP) is 3.26. The summed E-state index contributed by atoms with van der Waals surface area (Å²) in [6, 6.07) is 1.90. The number of likely N-dealkylation sites (tertiary alicyclic amines) is 1. The highest BCUT2D eigenvalue weighted by atomic mass is 16.2. The predicted molar refractivity (Wildman–Crippen MR) is 94.1 cm³/mol. The molecule has 0 aromatic carbocycles. The second kappa shape index (κ2) is 6.69. The number of rotatable bonds is 2. The van der Waals surface area contributed by atoms with E-state index >= 15 is 0 Å². The fraction of sp³-hybridized carbons (Fsp3) is 0.737. The van der Waals surface area contributed by atoms with E-state index in [2.05, 4.69) is 14.9 Å². The van der Waals surface area contributed by atoms with E-state index in [-0.39, 0.29) is 5.91 Å². The van der Waals surface area contributed by atoms with E-state index in [0.717, 1.165) is 32.0 Å². The summed E-state index contributed by atoms with van der Waals surface area (Å²) in [5.74, 6) is 1.00. The van der Waals surface area contributed by atoms with Crippen molar-refractivity contribution in [2.75, 3.05) is 31.1 Å². The number of carbonyl (C=O) groups is 1. The van der Waals surface area contributed by atoms with Crippen molar-refractivity contribution < 1.29 is 4.79 Å². The molecule has 0 atom stereocenters. The summed E-state index contributed by atoms with van der Waals surface area (Å²) >= 11 is 0. The van der Waals surface area contributed by atoms with Gasteiger partial charge >= 0.3 is 0 Å². The molecule has 24 heavy (non-hydrogen) atoms. The van der Waals surface area contributed by atoms with Crippen LogP contribution < -0.4 is 4.90 Å². The minimum atomic E-state index is 0.0866. The molecule has 1 spiro atoms. The lowest BCUT2D eigenvalue weighted by Gasteiger charge is -2.39. The third kappa shape index (κ3) is 3.13. The van der Waals surface area contributed by atoms with E-state index in [1.165, 1.54) is 57.8 Å². The molecule has 0 bridgehead atoms. The number of anilines is 1. The van der Waals surface area contributed by atoms with Gasteiger partial charge in [-0.15, -0.1) is 0 Å². The van der Waals surface area contributed by atoms with Crippen molar-refractivity contribution in [2.24, 2.45) is 5.41 Å². The summed E-state index contributed by atoms with van der Waals surface area (Å²) in [5.41, 5.74) is 1.11. The Hall–Kier alpha value is -1.65. The molecule has 130 valence electrons. The Morgan fingerprint density at radius 1 is 0.875 bits per heavy atom. The van der Waals surface area contributed by atoms with Gasteiger partial charge in [-0.2, -0.15) is 0 Å². The van der Waals surface area contributed by atoms with Gasteiger partial charge in [-0.25, -0.2) is 9.97 Å². The maximum absolute atomic E-state index is 12.9. The summed E-state index contributed by atoms with van der Waals surface area (Å²) in [6.45, 7) is 3.86. The quantitative estimate of drug-likeness (QED) is 0.836. The molecule has 3 heterocycles. The van der Waals surface area contributed by atoms with Gasteiger partial charge in [0.15, 0.2) is 0 Å². The first-order chi connectivity index (χ1) is 11.8. The first kappa shape index (κ1) is 15.9. The number of hydrogen-bond acceptors (Lipinski definition) is 4. The fourth-order valence-corrected chi connectivity index (χ4v) is 4.73. The highest BCUT2D eigenvalue weighted by Gasteiger charge is 2.38. The number of amides is 1. The summed E-state index contributed by atoms with van der Waals surface area (Å²) in [4.78, 5) is 25.8. The van der Waals surface area contributed by atoms with Gasteiger partial charge in [-0.1, -0.05) is 12.8 Å². The summed E-state index contributed by atoms with van der Waals surface area (Å²) in [5, 5.41) is 0. The van der Waals surface area contributed by atoms with Crippen LogP contribution in [-0.4, -0.2) is 47.0 Å². The Morgan fingerprint density at radius 3 is 2.29 bits per heavy atom. The second-order valence-electron chi connectivity index (χ2n) is 7.81. The molecule has 5 heteroatoms. The van der Waals surface area contributed by atoms with E-state index in [1.807, 2.05) is 11.0 Å². The van der Waals surface area contributed by atoms with Gasteiger partial charge < -0.3 is 9.80 Å². The van der Waals surface area contributed by atoms with Gasteiger partial charge in [-0.05, 0) is 50.4 Å². The molecular formula is C19H28N4O. The highest BCUT2D eigenvalue weighted by Crippen LogP contribution is 2.46. The van der Waals surface area contributed by atoms with Crippen LogP contribution in [0.15, 0.2) is 12.4 Å². The summed E-state index contributed by atoms with van der Waals surface area (Å²) < 4.78 is 0. The van der Waals surface area contributed by atoms with E-state index < -0.39 is 0 Å². The topological polar surface area (TPSA) is 49.3 Å². The highest BCUT2D eigenvalue weighted by molar-refractivity contribution is 5.93. The van der Waals surface area contributed by atoms with Crippen LogP contribution in [0.2, 0.25) is 0 Å². The molecule has 4 rings (SSSR count). The van der Waals surface area contributed by atoms with E-state index in [1.54, 1.807) is 6.33 Å². The minimum Gasteiger partial charge on any atom is -0.357 e. The van der Waals surface area contributed by atoms with Crippen LogP contribution in [0, 0.1) is 5.41 Å². The molecule has 0 N–H and O–H groups in total. The third-order valence-corrected chi connectivity index (χ3v) is 6.33. The Morgan fingerprint density at radius 2 is 1.58 bits per heavy atom. The van der Waals surface area contributed by atoms with Gasteiger partial charge in [0.05, 0.1) is 0 Å². The summed E-state index contributed by atoms with van der Waals surface area (Å²) in [6.07, 6.45) is 13.1. The van der Waals surface area contributed by atoms with Crippen LogP contribution in [0.1, 0.15) is 68.3 Å². The lowest BCUT2D eigenvalue weighted by Crippen LogP contribution is -2.42. The maximum Gasteiger partial charge on any atom is 0.272 e. The zero-order valence-corrected chi connectivity index (χ0v) is 14.5. The lowest BCUT2D eigenvalue weighted by molar-refractivity contribution is 0.0581. The van der Waals surface area contributed by atoms with Crippen molar-refractivity contribution in [3.63, 3.8) is 0 Å². The first-order valence-electron chi connectivity index (χ1n) is 9.62. The number of carbonyl (C=O) groups excluding carboxylic acids is 1. The molecule has 1 amide bonds. The molecule has 3 fully saturated rings. The van der Waals surface area contributed by atoms with E-state index in [9.17, 15) is 4.79 Å². The molecule has 3 aliphatic rings. The van der Waals surface area contributed by atoms with Crippen LogP contribution in [0.4, 0.5) is 5.82 Å². The summed E-state index contributed by atoms with van der Waals surface area (Å²) in [7, 11) is 0. The van der Waals surface area contributed by atoms with Crippen LogP contribution in [-0.2, 0) is 0 Å². The Labute approximate surface area is 144 Å². The van der Waals surface area contributed by atoms with Crippen LogP contribution in [0.3, 0.4) is 0 Å². The standard InChI is InChI=1S/C19H28N4O/c24-18(23-12-8-19(9-13-23)6-2-3-7-19)16-14-17(21-15-20-16)22-10-4-1-5-11-22/h14-15H,1-13H2. The first-order valence-corrected chi connectivity index (χ1v) is 9.62. The van der Waals surface area contributed by atoms with Crippen molar-refractivity contribution in [1.82, 2.24) is 14.9 Å². The van der Waals surface area contributed by atoms with Gasteiger partial charge in [0.2, 0.25) is 0 Å². The Kier molecular flexibility index (Phi) is 4.42. The van der Waals surface area contributed by atoms with Gasteiger partial charge in [0, 0.05) is 32.2 Å². The molecule has 5 nitrogen and oxygen atoms in total. The van der Waals surface area contributed by atoms with Crippen molar-refractivity contribution in [3.8, 4) is 0 Å². The molecule has 2 saturated heterocycles. The van der Waals surface area contributed by atoms with E-state index in [4.69, 9.17) is 0 Å². The molecular weight excluding hydrogens is 300 g/mol. The Bertz CT molecular complexity index is 581. The van der Waals surface area contributed by atoms with E-state index in [0.29, 0.717) is 11.1 Å². The number of aromatic nitrogens is 2. The molecule has 1 saturated carbocycles. The zero-order valence-electron chi connectivity index (χ0n) is 14.5. The molecule has 1 aliphatic carbocycles. The van der Waals surface area contributed by atoms with Crippen LogP contribution in [0.5, 0.6) is 0 Å². The normalized spacial score (nSPS) is 23.7. The van der Waals surface area contributed by atoms with Crippen LogP contribution >= 0.6 is 0 Å². The molecule has 2 aliphatic heterocycles. The lowest BCUT2D eigenvalue weighted by atomic mass is 9.77.